The van der Waals surface area contributed by atoms with Crippen molar-refractivity contribution in [2.45, 2.75) is 25.8 Å². The SMILES string of the molecule is COc1ccc(-c2[nH]ncc2C(=O)N[C@@H](C)CCc2ccccc2)cc1OC. The van der Waals surface area contributed by atoms with E-state index in [1.54, 1.807) is 26.5 Å². The maximum Gasteiger partial charge on any atom is 0.255 e. The molecule has 0 fully saturated rings. The van der Waals surface area contributed by atoms with Crippen LogP contribution in [0.3, 0.4) is 0 Å². The van der Waals surface area contributed by atoms with Gasteiger partial charge in [0.15, 0.2) is 11.5 Å². The summed E-state index contributed by atoms with van der Waals surface area (Å²) in [6.07, 6.45) is 3.32. The Morgan fingerprint density at radius 3 is 2.57 bits per heavy atom. The van der Waals surface area contributed by atoms with Gasteiger partial charge >= 0.3 is 0 Å². The van der Waals surface area contributed by atoms with E-state index in [0.29, 0.717) is 22.8 Å². The van der Waals surface area contributed by atoms with E-state index in [1.165, 1.54) is 5.56 Å². The molecule has 0 saturated heterocycles. The van der Waals surface area contributed by atoms with Crippen LogP contribution in [0.5, 0.6) is 11.5 Å². The highest BCUT2D eigenvalue weighted by atomic mass is 16.5. The van der Waals surface area contributed by atoms with Crippen molar-refractivity contribution >= 4 is 5.91 Å². The van der Waals surface area contributed by atoms with Crippen molar-refractivity contribution in [2.24, 2.45) is 0 Å². The van der Waals surface area contributed by atoms with E-state index < -0.39 is 0 Å². The van der Waals surface area contributed by atoms with E-state index in [1.807, 2.05) is 37.3 Å². The molecule has 1 amide bonds. The lowest BCUT2D eigenvalue weighted by atomic mass is 10.0. The molecule has 6 heteroatoms. The van der Waals surface area contributed by atoms with Crippen LogP contribution in [-0.4, -0.2) is 36.4 Å². The molecular formula is C22H25N3O3. The molecule has 2 N–H and O–H groups in total. The van der Waals surface area contributed by atoms with Gasteiger partial charge in [-0.2, -0.15) is 5.10 Å². The maximum absolute atomic E-state index is 12.8. The van der Waals surface area contributed by atoms with Gasteiger partial charge in [0.25, 0.3) is 5.91 Å². The minimum absolute atomic E-state index is 0.0425. The van der Waals surface area contributed by atoms with Gasteiger partial charge < -0.3 is 14.8 Å². The maximum atomic E-state index is 12.8. The van der Waals surface area contributed by atoms with Crippen LogP contribution >= 0.6 is 0 Å². The lowest BCUT2D eigenvalue weighted by Gasteiger charge is -2.14. The van der Waals surface area contributed by atoms with Crippen LogP contribution in [-0.2, 0) is 6.42 Å². The first-order valence-corrected chi connectivity index (χ1v) is 9.23. The second kappa shape index (κ2) is 9.08. The highest BCUT2D eigenvalue weighted by molar-refractivity contribution is 6.00. The number of methoxy groups -OCH3 is 2. The molecule has 1 heterocycles. The predicted molar refractivity (Wildman–Crippen MR) is 109 cm³/mol. The molecule has 0 aliphatic carbocycles. The van der Waals surface area contributed by atoms with Gasteiger partial charge in [-0.1, -0.05) is 30.3 Å². The van der Waals surface area contributed by atoms with Gasteiger partial charge in [0.05, 0.1) is 31.7 Å². The molecule has 3 aromatic rings. The van der Waals surface area contributed by atoms with Crippen molar-refractivity contribution in [3.8, 4) is 22.8 Å². The van der Waals surface area contributed by atoms with Crippen LogP contribution in [0.25, 0.3) is 11.3 Å². The number of aryl methyl sites for hydroxylation is 1. The molecule has 1 aromatic heterocycles. The number of benzene rings is 2. The van der Waals surface area contributed by atoms with Crippen LogP contribution in [0.4, 0.5) is 0 Å². The van der Waals surface area contributed by atoms with E-state index in [0.717, 1.165) is 18.4 Å². The van der Waals surface area contributed by atoms with Crippen molar-refractivity contribution in [1.82, 2.24) is 15.5 Å². The first-order chi connectivity index (χ1) is 13.6. The number of H-pyrrole nitrogens is 1. The summed E-state index contributed by atoms with van der Waals surface area (Å²) in [5.41, 5.74) is 3.21. The number of carbonyl (C=O) groups excluding carboxylic acids is 1. The van der Waals surface area contributed by atoms with Crippen molar-refractivity contribution < 1.29 is 14.3 Å². The molecule has 0 aliphatic heterocycles. The average molecular weight is 379 g/mol. The number of carbonyl (C=O) groups is 1. The Labute approximate surface area is 164 Å². The van der Waals surface area contributed by atoms with Crippen molar-refractivity contribution in [1.29, 1.82) is 0 Å². The quantitative estimate of drug-likeness (QED) is 0.623. The molecule has 0 bridgehead atoms. The topological polar surface area (TPSA) is 76.2 Å². The lowest BCUT2D eigenvalue weighted by molar-refractivity contribution is 0.0939. The number of hydrogen-bond donors (Lipinski definition) is 2. The van der Waals surface area contributed by atoms with E-state index in [4.69, 9.17) is 9.47 Å². The van der Waals surface area contributed by atoms with Gasteiger partial charge in [0.1, 0.15) is 0 Å². The normalized spacial score (nSPS) is 11.7. The zero-order chi connectivity index (χ0) is 19.9. The number of amides is 1. The molecule has 2 aromatic carbocycles. The van der Waals surface area contributed by atoms with Gasteiger partial charge in [0, 0.05) is 11.6 Å². The van der Waals surface area contributed by atoms with Crippen LogP contribution in [0.2, 0.25) is 0 Å². The van der Waals surface area contributed by atoms with Crippen molar-refractivity contribution in [3.05, 3.63) is 65.9 Å². The highest BCUT2D eigenvalue weighted by Crippen LogP contribution is 2.32. The third kappa shape index (κ3) is 4.52. The van der Waals surface area contributed by atoms with Crippen LogP contribution in [0.1, 0.15) is 29.3 Å². The standard InChI is InChI=1S/C22H25N3O3/c1-15(9-10-16-7-5-4-6-8-16)24-22(26)18-14-23-25-21(18)17-11-12-19(27-2)20(13-17)28-3/h4-8,11-15H,9-10H2,1-3H3,(H,23,25)(H,24,26)/t15-/m0/s1. The first kappa shape index (κ1) is 19.5. The zero-order valence-corrected chi connectivity index (χ0v) is 16.4. The van der Waals surface area contributed by atoms with Crippen LogP contribution in [0, 0.1) is 0 Å². The summed E-state index contributed by atoms with van der Waals surface area (Å²) in [5.74, 6) is 1.07. The fourth-order valence-electron chi connectivity index (χ4n) is 3.07. The molecule has 3 rings (SSSR count). The van der Waals surface area contributed by atoms with Gasteiger partial charge in [-0.05, 0) is 43.5 Å². The summed E-state index contributed by atoms with van der Waals surface area (Å²) in [6, 6.07) is 15.8. The Bertz CT molecular complexity index is 922. The number of aromatic amines is 1. The summed E-state index contributed by atoms with van der Waals surface area (Å²) in [4.78, 5) is 12.8. The fourth-order valence-corrected chi connectivity index (χ4v) is 3.07. The summed E-state index contributed by atoms with van der Waals surface area (Å²) in [6.45, 7) is 2.01. The van der Waals surface area contributed by atoms with E-state index >= 15 is 0 Å². The van der Waals surface area contributed by atoms with Gasteiger partial charge in [-0.15, -0.1) is 0 Å². The summed E-state index contributed by atoms with van der Waals surface area (Å²) < 4.78 is 10.6. The molecule has 6 nitrogen and oxygen atoms in total. The highest BCUT2D eigenvalue weighted by Gasteiger charge is 2.18. The minimum atomic E-state index is -0.154. The van der Waals surface area contributed by atoms with Gasteiger partial charge in [0.2, 0.25) is 0 Å². The minimum Gasteiger partial charge on any atom is -0.493 e. The molecule has 0 radical (unpaired) electrons. The molecule has 0 saturated carbocycles. The number of hydrogen-bond acceptors (Lipinski definition) is 4. The lowest BCUT2D eigenvalue weighted by Crippen LogP contribution is -2.33. The number of nitrogens with zero attached hydrogens (tertiary/aromatic N) is 1. The number of ether oxygens (including phenoxy) is 2. The van der Waals surface area contributed by atoms with Gasteiger partial charge in [-0.3, -0.25) is 9.89 Å². The second-order valence-corrected chi connectivity index (χ2v) is 6.63. The smallest absolute Gasteiger partial charge is 0.255 e. The summed E-state index contributed by atoms with van der Waals surface area (Å²) >= 11 is 0. The summed E-state index contributed by atoms with van der Waals surface area (Å²) in [5, 5.41) is 10.0. The van der Waals surface area contributed by atoms with E-state index in [9.17, 15) is 4.79 Å². The number of aromatic nitrogens is 2. The third-order valence-electron chi connectivity index (χ3n) is 4.64. The largest absolute Gasteiger partial charge is 0.493 e. The second-order valence-electron chi connectivity index (χ2n) is 6.63. The Kier molecular flexibility index (Phi) is 6.32. The monoisotopic (exact) mass is 379 g/mol. The fraction of sp³-hybridized carbons (Fsp3) is 0.273. The number of nitrogens with one attached hydrogen (secondary N) is 2. The zero-order valence-electron chi connectivity index (χ0n) is 16.4. The molecule has 146 valence electrons. The summed E-state index contributed by atoms with van der Waals surface area (Å²) in [7, 11) is 3.17. The number of rotatable bonds is 8. The first-order valence-electron chi connectivity index (χ1n) is 9.23. The molecule has 1 atom stereocenters. The van der Waals surface area contributed by atoms with Crippen molar-refractivity contribution in [2.75, 3.05) is 14.2 Å². The van der Waals surface area contributed by atoms with Gasteiger partial charge in [-0.25, -0.2) is 0 Å². The molecule has 0 unspecified atom stereocenters. The van der Waals surface area contributed by atoms with E-state index in [-0.39, 0.29) is 11.9 Å². The Morgan fingerprint density at radius 1 is 1.11 bits per heavy atom. The molecule has 0 aliphatic rings. The third-order valence-corrected chi connectivity index (χ3v) is 4.64. The average Bonchev–Trinajstić information content (AvgIpc) is 3.22. The van der Waals surface area contributed by atoms with E-state index in [2.05, 4.69) is 27.6 Å². The molecule has 28 heavy (non-hydrogen) atoms. The Hall–Kier alpha value is -3.28. The van der Waals surface area contributed by atoms with Crippen LogP contribution < -0.4 is 14.8 Å². The molecule has 0 spiro atoms. The Balaban J connectivity index is 1.69. The van der Waals surface area contributed by atoms with Crippen molar-refractivity contribution in [3.63, 3.8) is 0 Å². The predicted octanol–water partition coefficient (Wildman–Crippen LogP) is 3.85. The Morgan fingerprint density at radius 2 is 1.86 bits per heavy atom. The van der Waals surface area contributed by atoms with Crippen LogP contribution in [0.15, 0.2) is 54.7 Å². The molecular weight excluding hydrogens is 354 g/mol.